The van der Waals surface area contributed by atoms with E-state index in [1.807, 2.05) is 13.0 Å². The van der Waals surface area contributed by atoms with E-state index in [0.29, 0.717) is 19.4 Å². The standard InChI is InChI=1S/C41H73NO16/c1-4-5-6-7-13-35(58-41-39(55)38(54)37(53)24(3)56-41)23(2)33(51)20-30(48)18-28(46)15-25(43)10-8-11-26(44)16-29(47)19-31(49)21-34(52)40-36(57-40)22-32(50)17-27(45)12-9-14-42/h4-8,10,23-32,34-41,43-50,52-55H,9,11-22,42H2,1-3H3. The van der Waals surface area contributed by atoms with E-state index in [0.717, 1.165) is 0 Å². The number of Topliss-reactive ketones (excluding diaryl/α,β-unsaturated/α-hetero) is 1. The van der Waals surface area contributed by atoms with E-state index < -0.39 is 116 Å². The average Bonchev–Trinajstić information content (AvgIpc) is 3.91. The van der Waals surface area contributed by atoms with Crippen molar-refractivity contribution in [3.05, 3.63) is 36.5 Å². The highest BCUT2D eigenvalue weighted by Crippen LogP contribution is 2.33. The van der Waals surface area contributed by atoms with Crippen molar-refractivity contribution in [2.45, 2.75) is 202 Å². The molecule has 18 unspecified atom stereocenters. The summed E-state index contributed by atoms with van der Waals surface area (Å²) in [5, 5.41) is 124. The first-order valence-electron chi connectivity index (χ1n) is 20.7. The number of hydrogen-bond acceptors (Lipinski definition) is 17. The van der Waals surface area contributed by atoms with Gasteiger partial charge < -0.3 is 81.2 Å². The first-order chi connectivity index (χ1) is 27.4. The molecule has 338 valence electrons. The number of allylic oxidation sites excluding steroid dienone is 3. The lowest BCUT2D eigenvalue weighted by Gasteiger charge is -2.41. The third-order valence-electron chi connectivity index (χ3n) is 10.6. The molecule has 2 saturated heterocycles. The van der Waals surface area contributed by atoms with Crippen LogP contribution in [0.4, 0.5) is 0 Å². The summed E-state index contributed by atoms with van der Waals surface area (Å²) in [6, 6.07) is 0. The zero-order valence-electron chi connectivity index (χ0n) is 34.1. The topological polar surface area (TPSA) is 317 Å². The van der Waals surface area contributed by atoms with Gasteiger partial charge in [-0.1, -0.05) is 43.4 Å². The van der Waals surface area contributed by atoms with Crippen molar-refractivity contribution in [2.24, 2.45) is 11.7 Å². The number of epoxide rings is 1. The second-order valence-corrected chi connectivity index (χ2v) is 16.1. The van der Waals surface area contributed by atoms with Crippen molar-refractivity contribution in [1.82, 2.24) is 0 Å². The molecule has 2 fully saturated rings. The largest absolute Gasteiger partial charge is 0.393 e. The maximum Gasteiger partial charge on any atom is 0.186 e. The van der Waals surface area contributed by atoms with Crippen LogP contribution in [-0.4, -0.2) is 178 Å². The molecule has 17 heteroatoms. The fourth-order valence-electron chi connectivity index (χ4n) is 7.11. The second kappa shape index (κ2) is 27.2. The van der Waals surface area contributed by atoms with Gasteiger partial charge in [-0.15, -0.1) is 0 Å². The predicted molar refractivity (Wildman–Crippen MR) is 212 cm³/mol. The van der Waals surface area contributed by atoms with Gasteiger partial charge in [0.1, 0.15) is 30.2 Å². The van der Waals surface area contributed by atoms with Crippen LogP contribution in [0.25, 0.3) is 0 Å². The minimum atomic E-state index is -1.57. The number of aliphatic hydroxyl groups excluding tert-OH is 12. The molecule has 2 aliphatic rings. The lowest BCUT2D eigenvalue weighted by Crippen LogP contribution is -2.58. The molecule has 18 atom stereocenters. The van der Waals surface area contributed by atoms with Gasteiger partial charge in [-0.25, -0.2) is 0 Å². The molecule has 2 rings (SSSR count). The van der Waals surface area contributed by atoms with Gasteiger partial charge in [-0.2, -0.15) is 0 Å². The number of carbonyl (C=O) groups is 1. The van der Waals surface area contributed by atoms with Crippen LogP contribution in [0.5, 0.6) is 0 Å². The summed E-state index contributed by atoms with van der Waals surface area (Å²) >= 11 is 0. The van der Waals surface area contributed by atoms with Crippen molar-refractivity contribution < 1.29 is 80.3 Å². The molecule has 2 aliphatic heterocycles. The van der Waals surface area contributed by atoms with E-state index in [2.05, 4.69) is 0 Å². The highest BCUT2D eigenvalue weighted by molar-refractivity contribution is 5.81. The Labute approximate surface area is 342 Å². The molecule has 0 spiro atoms. The van der Waals surface area contributed by atoms with Crippen molar-refractivity contribution in [1.29, 1.82) is 0 Å². The first kappa shape index (κ1) is 52.4. The third-order valence-corrected chi connectivity index (χ3v) is 10.6. The SMILES string of the molecule is CC=CC=CCC(OC1OC(C)C(O)C(O)C1O)C(C)C(=O)CC(O)CC(O)CC(O)C=CCC(O)CC(O)CC(O)CC(O)C1OC1CC(O)CC(O)CCCN. The number of rotatable bonds is 30. The fraction of sp³-hybridized carbons (Fsp3) is 0.829. The van der Waals surface area contributed by atoms with Gasteiger partial charge >= 0.3 is 0 Å². The molecule has 0 aromatic carbocycles. The Kier molecular flexibility index (Phi) is 24.6. The van der Waals surface area contributed by atoms with E-state index in [-0.39, 0.29) is 64.2 Å². The van der Waals surface area contributed by atoms with Gasteiger partial charge in [-0.3, -0.25) is 4.79 Å². The van der Waals surface area contributed by atoms with E-state index in [1.54, 1.807) is 25.2 Å². The quantitative estimate of drug-likeness (QED) is 0.0228. The molecule has 0 aromatic rings. The number of aliphatic hydroxyl groups is 12. The minimum Gasteiger partial charge on any atom is -0.393 e. The second-order valence-electron chi connectivity index (χ2n) is 16.1. The van der Waals surface area contributed by atoms with Gasteiger partial charge in [0.25, 0.3) is 0 Å². The highest BCUT2D eigenvalue weighted by atomic mass is 16.7. The Morgan fingerprint density at radius 3 is 2.02 bits per heavy atom. The van der Waals surface area contributed by atoms with E-state index >= 15 is 0 Å². The van der Waals surface area contributed by atoms with Crippen LogP contribution in [0.1, 0.15) is 97.8 Å². The summed E-state index contributed by atoms with van der Waals surface area (Å²) in [6.07, 6.45) is -6.96. The van der Waals surface area contributed by atoms with Crippen molar-refractivity contribution >= 4 is 5.78 Å². The maximum absolute atomic E-state index is 13.2. The van der Waals surface area contributed by atoms with Crippen LogP contribution in [0.15, 0.2) is 36.5 Å². The van der Waals surface area contributed by atoms with Crippen LogP contribution in [0, 0.1) is 5.92 Å². The van der Waals surface area contributed by atoms with Crippen LogP contribution in [-0.2, 0) is 19.0 Å². The molecule has 0 saturated carbocycles. The van der Waals surface area contributed by atoms with E-state index in [9.17, 15) is 66.1 Å². The smallest absolute Gasteiger partial charge is 0.186 e. The third kappa shape index (κ3) is 19.8. The number of ketones is 1. The molecule has 14 N–H and O–H groups in total. The van der Waals surface area contributed by atoms with Gasteiger partial charge in [0, 0.05) is 31.6 Å². The zero-order chi connectivity index (χ0) is 43.5. The maximum atomic E-state index is 13.2. The average molecular weight is 836 g/mol. The summed E-state index contributed by atoms with van der Waals surface area (Å²) in [6.45, 7) is 5.39. The molecule has 0 radical (unpaired) electrons. The lowest BCUT2D eigenvalue weighted by atomic mass is 9.91. The summed E-state index contributed by atoms with van der Waals surface area (Å²) in [5.74, 6) is -1.20. The van der Waals surface area contributed by atoms with Crippen LogP contribution < -0.4 is 5.73 Å². The monoisotopic (exact) mass is 835 g/mol. The number of ether oxygens (including phenoxy) is 3. The Bertz CT molecular complexity index is 1220. The Morgan fingerprint density at radius 1 is 0.724 bits per heavy atom. The molecule has 0 aliphatic carbocycles. The Balaban J connectivity index is 1.72. The molecule has 0 aromatic heterocycles. The molecule has 0 bridgehead atoms. The van der Waals surface area contributed by atoms with Gasteiger partial charge in [0.15, 0.2) is 6.29 Å². The summed E-state index contributed by atoms with van der Waals surface area (Å²) in [7, 11) is 0. The molecule has 0 amide bonds. The Hall–Kier alpha value is -1.75. The van der Waals surface area contributed by atoms with Gasteiger partial charge in [0.05, 0.1) is 73.2 Å². The number of nitrogens with two attached hydrogens (primary N) is 1. The predicted octanol–water partition coefficient (Wildman–Crippen LogP) is -1.25. The molecular formula is C41H73NO16. The summed E-state index contributed by atoms with van der Waals surface area (Å²) in [5.41, 5.74) is 5.43. The van der Waals surface area contributed by atoms with Crippen molar-refractivity contribution in [3.8, 4) is 0 Å². The van der Waals surface area contributed by atoms with Crippen molar-refractivity contribution in [3.63, 3.8) is 0 Å². The minimum absolute atomic E-state index is 0.0489. The highest BCUT2D eigenvalue weighted by Gasteiger charge is 2.46. The van der Waals surface area contributed by atoms with E-state index in [1.165, 1.54) is 19.1 Å². The van der Waals surface area contributed by atoms with Crippen LogP contribution in [0.3, 0.4) is 0 Å². The molecule has 2 heterocycles. The van der Waals surface area contributed by atoms with Gasteiger partial charge in [-0.05, 0) is 71.8 Å². The fourth-order valence-corrected chi connectivity index (χ4v) is 7.11. The number of hydrogen-bond donors (Lipinski definition) is 13. The molecule has 58 heavy (non-hydrogen) atoms. The van der Waals surface area contributed by atoms with Crippen molar-refractivity contribution in [2.75, 3.05) is 6.54 Å². The summed E-state index contributed by atoms with van der Waals surface area (Å²) in [4.78, 5) is 13.2. The van der Waals surface area contributed by atoms with Crippen LogP contribution >= 0.6 is 0 Å². The molecular weight excluding hydrogens is 762 g/mol. The van der Waals surface area contributed by atoms with Crippen LogP contribution in [0.2, 0.25) is 0 Å². The van der Waals surface area contributed by atoms with E-state index in [4.69, 9.17) is 19.9 Å². The first-order valence-corrected chi connectivity index (χ1v) is 20.7. The lowest BCUT2D eigenvalue weighted by molar-refractivity contribution is -0.306. The molecule has 17 nitrogen and oxygen atoms in total. The normalized spacial score (nSPS) is 29.8. The van der Waals surface area contributed by atoms with Gasteiger partial charge in [0.2, 0.25) is 0 Å². The Morgan fingerprint density at radius 2 is 1.34 bits per heavy atom. The summed E-state index contributed by atoms with van der Waals surface area (Å²) < 4.78 is 16.9. The number of carbonyl (C=O) groups excluding carboxylic acids is 1. The zero-order valence-corrected chi connectivity index (χ0v) is 34.1.